The lowest BCUT2D eigenvalue weighted by Crippen LogP contribution is -2.41. The molecule has 0 bridgehead atoms. The lowest BCUT2D eigenvalue weighted by atomic mass is 10.0. The Morgan fingerprint density at radius 3 is 2.47 bits per heavy atom. The average molecular weight is 267 g/mol. The van der Waals surface area contributed by atoms with E-state index in [0.717, 1.165) is 0 Å². The number of nitrogens with one attached hydrogen (secondary N) is 2. The minimum Gasteiger partial charge on any atom is -0.480 e. The second kappa shape index (κ2) is 6.03. The molecule has 0 radical (unpaired) electrons. The van der Waals surface area contributed by atoms with Crippen molar-refractivity contribution in [2.24, 2.45) is 11.7 Å². The fraction of sp³-hybridized carbons (Fsp3) is 0.417. The number of aromatic nitrogens is 1. The van der Waals surface area contributed by atoms with Crippen molar-refractivity contribution in [1.82, 2.24) is 10.3 Å². The molecule has 7 nitrogen and oxygen atoms in total. The minimum atomic E-state index is -1.09. The van der Waals surface area contributed by atoms with Crippen molar-refractivity contribution in [1.29, 1.82) is 0 Å². The third-order valence-corrected chi connectivity index (χ3v) is 2.52. The number of carbonyl (C=O) groups is 3. The number of hydrogen-bond donors (Lipinski definition) is 4. The third kappa shape index (κ3) is 4.13. The first kappa shape index (κ1) is 14.7. The molecule has 7 heteroatoms. The summed E-state index contributed by atoms with van der Waals surface area (Å²) in [6.45, 7) is 3.73. The fourth-order valence-electron chi connectivity index (χ4n) is 1.60. The van der Waals surface area contributed by atoms with Crippen molar-refractivity contribution in [2.45, 2.75) is 26.3 Å². The van der Waals surface area contributed by atoms with Crippen LogP contribution in [-0.2, 0) is 4.79 Å². The number of primary amides is 1. The molecule has 0 fully saturated rings. The Kier molecular flexibility index (Phi) is 4.68. The standard InChI is InChI=1S/C12H17N3O4/c1-6(2)3-9(12(18)19)15-11(17)8-4-7(5-14-8)10(13)16/h4-6,9,14H,3H2,1-2H3,(H2,13,16)(H,15,17)(H,18,19). The summed E-state index contributed by atoms with van der Waals surface area (Å²) in [5, 5.41) is 11.4. The van der Waals surface area contributed by atoms with E-state index in [1.807, 2.05) is 13.8 Å². The second-order valence-electron chi connectivity index (χ2n) is 4.66. The summed E-state index contributed by atoms with van der Waals surface area (Å²) in [7, 11) is 0. The first-order valence-electron chi connectivity index (χ1n) is 5.83. The van der Waals surface area contributed by atoms with Crippen LogP contribution < -0.4 is 11.1 Å². The number of carbonyl (C=O) groups excluding carboxylic acids is 2. The van der Waals surface area contributed by atoms with Gasteiger partial charge in [-0.15, -0.1) is 0 Å². The van der Waals surface area contributed by atoms with E-state index in [9.17, 15) is 14.4 Å². The summed E-state index contributed by atoms with van der Waals surface area (Å²) in [5.74, 6) is -2.21. The van der Waals surface area contributed by atoms with Gasteiger partial charge in [-0.2, -0.15) is 0 Å². The van der Waals surface area contributed by atoms with Gasteiger partial charge in [0.2, 0.25) is 5.91 Å². The van der Waals surface area contributed by atoms with Crippen LogP contribution in [0.2, 0.25) is 0 Å². The maximum absolute atomic E-state index is 11.8. The first-order chi connectivity index (χ1) is 8.81. The van der Waals surface area contributed by atoms with Crippen molar-refractivity contribution < 1.29 is 19.5 Å². The highest BCUT2D eigenvalue weighted by molar-refractivity contribution is 5.99. The topological polar surface area (TPSA) is 125 Å². The Balaban J connectivity index is 2.75. The Hall–Kier alpha value is -2.31. The quantitative estimate of drug-likeness (QED) is 0.593. The van der Waals surface area contributed by atoms with Crippen LogP contribution >= 0.6 is 0 Å². The van der Waals surface area contributed by atoms with Gasteiger partial charge in [-0.25, -0.2) is 4.79 Å². The zero-order valence-corrected chi connectivity index (χ0v) is 10.8. The smallest absolute Gasteiger partial charge is 0.326 e. The SMILES string of the molecule is CC(C)CC(NC(=O)c1cc(C(N)=O)c[nH]1)C(=O)O. The van der Waals surface area contributed by atoms with Crippen LogP contribution in [0.1, 0.15) is 41.1 Å². The van der Waals surface area contributed by atoms with E-state index in [0.29, 0.717) is 6.42 Å². The molecule has 0 saturated carbocycles. The number of amides is 2. The maximum atomic E-state index is 11.8. The molecule has 0 aliphatic carbocycles. The highest BCUT2D eigenvalue weighted by Crippen LogP contribution is 2.07. The molecule has 0 saturated heterocycles. The van der Waals surface area contributed by atoms with Gasteiger partial charge in [0, 0.05) is 6.20 Å². The van der Waals surface area contributed by atoms with Crippen LogP contribution in [0, 0.1) is 5.92 Å². The van der Waals surface area contributed by atoms with Crippen LogP contribution in [-0.4, -0.2) is 33.9 Å². The normalized spacial score (nSPS) is 12.2. The molecule has 1 rings (SSSR count). The molecule has 0 aliphatic heterocycles. The van der Waals surface area contributed by atoms with Gasteiger partial charge in [0.15, 0.2) is 0 Å². The van der Waals surface area contributed by atoms with Gasteiger partial charge < -0.3 is 21.1 Å². The van der Waals surface area contributed by atoms with Gasteiger partial charge in [0.1, 0.15) is 11.7 Å². The first-order valence-corrected chi connectivity index (χ1v) is 5.83. The van der Waals surface area contributed by atoms with E-state index >= 15 is 0 Å². The van der Waals surface area contributed by atoms with E-state index < -0.39 is 23.8 Å². The van der Waals surface area contributed by atoms with E-state index in [2.05, 4.69) is 10.3 Å². The minimum absolute atomic E-state index is 0.101. The van der Waals surface area contributed by atoms with Crippen LogP contribution in [0.25, 0.3) is 0 Å². The number of H-pyrrole nitrogens is 1. The molecule has 1 aromatic rings. The zero-order chi connectivity index (χ0) is 14.6. The number of carboxylic acids is 1. The molecule has 0 spiro atoms. The number of carboxylic acid groups (broad SMARTS) is 1. The summed E-state index contributed by atoms with van der Waals surface area (Å²) in [4.78, 5) is 36.3. The Morgan fingerprint density at radius 2 is 2.05 bits per heavy atom. The molecule has 1 aromatic heterocycles. The molecule has 19 heavy (non-hydrogen) atoms. The highest BCUT2D eigenvalue weighted by Gasteiger charge is 2.22. The molecule has 1 heterocycles. The monoisotopic (exact) mass is 267 g/mol. The lowest BCUT2D eigenvalue weighted by molar-refractivity contribution is -0.139. The number of nitrogens with two attached hydrogens (primary N) is 1. The van der Waals surface area contributed by atoms with Crippen molar-refractivity contribution in [3.8, 4) is 0 Å². The number of rotatable bonds is 6. The number of aromatic amines is 1. The zero-order valence-electron chi connectivity index (χ0n) is 10.8. The predicted molar refractivity (Wildman–Crippen MR) is 67.7 cm³/mol. The second-order valence-corrected chi connectivity index (χ2v) is 4.66. The number of hydrogen-bond acceptors (Lipinski definition) is 3. The van der Waals surface area contributed by atoms with E-state index in [1.54, 1.807) is 0 Å². The van der Waals surface area contributed by atoms with E-state index in [-0.39, 0.29) is 17.2 Å². The van der Waals surface area contributed by atoms with E-state index in [1.165, 1.54) is 12.3 Å². The predicted octanol–water partition coefficient (Wildman–Crippen LogP) is 0.343. The summed E-state index contributed by atoms with van der Waals surface area (Å²) >= 11 is 0. The third-order valence-electron chi connectivity index (χ3n) is 2.52. The molecule has 0 aliphatic rings. The van der Waals surface area contributed by atoms with Gasteiger partial charge in [0.05, 0.1) is 5.56 Å². The molecule has 2 amide bonds. The summed E-state index contributed by atoms with van der Waals surface area (Å²) in [5.41, 5.74) is 5.33. The fourth-order valence-corrected chi connectivity index (χ4v) is 1.60. The van der Waals surface area contributed by atoms with Crippen LogP contribution in [0.4, 0.5) is 0 Å². The Bertz CT molecular complexity index is 493. The van der Waals surface area contributed by atoms with Crippen LogP contribution in [0.15, 0.2) is 12.3 Å². The van der Waals surface area contributed by atoms with Gasteiger partial charge in [0.25, 0.3) is 5.91 Å². The van der Waals surface area contributed by atoms with Crippen molar-refractivity contribution in [3.05, 3.63) is 23.5 Å². The Labute approximate surface area is 110 Å². The summed E-state index contributed by atoms with van der Waals surface area (Å²) in [6, 6.07) is 0.319. The molecule has 104 valence electrons. The summed E-state index contributed by atoms with van der Waals surface area (Å²) < 4.78 is 0. The van der Waals surface area contributed by atoms with Gasteiger partial charge in [-0.1, -0.05) is 13.8 Å². The number of aliphatic carboxylic acids is 1. The lowest BCUT2D eigenvalue weighted by Gasteiger charge is -2.15. The summed E-state index contributed by atoms with van der Waals surface area (Å²) in [6.07, 6.45) is 1.62. The molecule has 5 N–H and O–H groups in total. The van der Waals surface area contributed by atoms with Crippen LogP contribution in [0.3, 0.4) is 0 Å². The van der Waals surface area contributed by atoms with Gasteiger partial charge >= 0.3 is 5.97 Å². The van der Waals surface area contributed by atoms with Gasteiger partial charge in [-0.3, -0.25) is 9.59 Å². The van der Waals surface area contributed by atoms with Gasteiger partial charge in [-0.05, 0) is 18.4 Å². The van der Waals surface area contributed by atoms with E-state index in [4.69, 9.17) is 10.8 Å². The Morgan fingerprint density at radius 1 is 1.42 bits per heavy atom. The van der Waals surface area contributed by atoms with Crippen molar-refractivity contribution >= 4 is 17.8 Å². The molecular weight excluding hydrogens is 250 g/mol. The maximum Gasteiger partial charge on any atom is 0.326 e. The largest absolute Gasteiger partial charge is 0.480 e. The molecular formula is C12H17N3O4. The molecule has 1 unspecified atom stereocenters. The van der Waals surface area contributed by atoms with Crippen molar-refractivity contribution in [3.63, 3.8) is 0 Å². The average Bonchev–Trinajstić information content (AvgIpc) is 2.76. The molecule has 1 atom stereocenters. The van der Waals surface area contributed by atoms with Crippen LogP contribution in [0.5, 0.6) is 0 Å². The van der Waals surface area contributed by atoms with Crippen molar-refractivity contribution in [2.75, 3.05) is 0 Å². The molecule has 0 aromatic carbocycles. The highest BCUT2D eigenvalue weighted by atomic mass is 16.4.